The maximum absolute atomic E-state index is 13.2. The molecule has 0 aliphatic heterocycles. The molecule has 0 bridgehead atoms. The van der Waals surface area contributed by atoms with Crippen LogP contribution in [0.15, 0.2) is 53.6 Å². The summed E-state index contributed by atoms with van der Waals surface area (Å²) >= 11 is 0. The monoisotopic (exact) mass is 440 g/mol. The van der Waals surface area contributed by atoms with E-state index in [4.69, 9.17) is 15.7 Å². The van der Waals surface area contributed by atoms with E-state index in [1.165, 1.54) is 10.2 Å². The minimum absolute atomic E-state index is 0.173. The first kappa shape index (κ1) is 21.1. The lowest BCUT2D eigenvalue weighted by Gasteiger charge is -2.11. The number of fused-ring (bicyclic) bond motifs is 2. The molecule has 1 fully saturated rings. The molecule has 7 heteroatoms. The summed E-state index contributed by atoms with van der Waals surface area (Å²) in [4.78, 5) is 22.7. The van der Waals surface area contributed by atoms with Gasteiger partial charge in [0.15, 0.2) is 5.65 Å². The van der Waals surface area contributed by atoms with Crippen molar-refractivity contribution in [1.29, 1.82) is 0 Å². The first-order valence-corrected chi connectivity index (χ1v) is 11.5. The molecule has 0 radical (unpaired) electrons. The van der Waals surface area contributed by atoms with Gasteiger partial charge in [0.1, 0.15) is 16.9 Å². The lowest BCUT2D eigenvalue weighted by atomic mass is 10.0. The zero-order valence-corrected chi connectivity index (χ0v) is 19.0. The van der Waals surface area contributed by atoms with Gasteiger partial charge in [0, 0.05) is 6.04 Å². The average molecular weight is 441 g/mol. The molecule has 0 spiro atoms. The third-order valence-electron chi connectivity index (χ3n) is 6.32. The fraction of sp³-hybridized carbons (Fsp3) is 0.308. The number of hydrogen-bond donors (Lipinski definition) is 2. The lowest BCUT2D eigenvalue weighted by molar-refractivity contribution is 0.0940. The van der Waals surface area contributed by atoms with E-state index in [2.05, 4.69) is 36.4 Å². The maximum Gasteiger partial charge on any atom is 0.257 e. The van der Waals surface area contributed by atoms with Crippen molar-refractivity contribution in [2.75, 3.05) is 5.73 Å². The zero-order valence-electron chi connectivity index (χ0n) is 19.0. The van der Waals surface area contributed by atoms with Crippen molar-refractivity contribution in [2.24, 2.45) is 5.10 Å². The Kier molecular flexibility index (Phi) is 5.54. The second kappa shape index (κ2) is 8.65. The second-order valence-corrected chi connectivity index (χ2v) is 8.98. The largest absolute Gasteiger partial charge is 0.383 e. The number of nitrogens with one attached hydrogen (secondary N) is 1. The first-order chi connectivity index (χ1) is 16.0. The molecule has 3 N–H and O–H groups in total. The summed E-state index contributed by atoms with van der Waals surface area (Å²) < 4.78 is 1.52. The molecule has 0 unspecified atom stereocenters. The lowest BCUT2D eigenvalue weighted by Crippen LogP contribution is -2.33. The van der Waals surface area contributed by atoms with E-state index in [0.29, 0.717) is 28.2 Å². The van der Waals surface area contributed by atoms with Crippen molar-refractivity contribution < 1.29 is 4.79 Å². The minimum atomic E-state index is -0.218. The number of nitrogens with two attached hydrogens (primary N) is 1. The number of nitrogens with zero attached hydrogens (tertiary/aromatic N) is 4. The van der Waals surface area contributed by atoms with Crippen molar-refractivity contribution >= 4 is 40.1 Å². The Hall–Kier alpha value is -3.74. The number of rotatable bonds is 5. The van der Waals surface area contributed by atoms with Gasteiger partial charge < -0.3 is 11.1 Å². The Morgan fingerprint density at radius 2 is 1.76 bits per heavy atom. The van der Waals surface area contributed by atoms with Gasteiger partial charge in [0.2, 0.25) is 0 Å². The molecule has 2 heterocycles. The van der Waals surface area contributed by atoms with Crippen molar-refractivity contribution in [3.05, 3.63) is 65.2 Å². The number of hydrogen-bond acceptors (Lipinski definition) is 5. The second-order valence-electron chi connectivity index (χ2n) is 8.98. The Morgan fingerprint density at radius 3 is 2.42 bits per heavy atom. The van der Waals surface area contributed by atoms with E-state index < -0.39 is 0 Å². The topological polar surface area (TPSA) is 98.2 Å². The average Bonchev–Trinajstić information content (AvgIpc) is 3.41. The molecule has 0 saturated heterocycles. The summed E-state index contributed by atoms with van der Waals surface area (Å²) in [5, 5.41) is 7.73. The van der Waals surface area contributed by atoms with Crippen LogP contribution in [0.5, 0.6) is 0 Å². The van der Waals surface area contributed by atoms with E-state index in [-0.39, 0.29) is 17.8 Å². The fourth-order valence-corrected chi connectivity index (χ4v) is 4.41. The van der Waals surface area contributed by atoms with Crippen LogP contribution in [0.1, 0.15) is 66.9 Å². The van der Waals surface area contributed by atoms with Gasteiger partial charge in [0.25, 0.3) is 5.91 Å². The zero-order chi connectivity index (χ0) is 22.9. The van der Waals surface area contributed by atoms with Gasteiger partial charge in [-0.2, -0.15) is 9.78 Å². The van der Waals surface area contributed by atoms with E-state index >= 15 is 0 Å². The van der Waals surface area contributed by atoms with Crippen LogP contribution in [0.4, 0.5) is 5.82 Å². The fourth-order valence-electron chi connectivity index (χ4n) is 4.41. The van der Waals surface area contributed by atoms with E-state index in [1.807, 2.05) is 36.4 Å². The maximum atomic E-state index is 13.2. The summed E-state index contributed by atoms with van der Waals surface area (Å²) in [6, 6.07) is 16.0. The number of anilines is 1. The summed E-state index contributed by atoms with van der Waals surface area (Å²) in [5.41, 5.74) is 11.4. The van der Waals surface area contributed by atoms with Gasteiger partial charge in [-0.15, -0.1) is 0 Å². The molecule has 5 rings (SSSR count). The SMILES string of the molecule is CC(C)c1ccc(/C=N\n2c(N)c(C(=O)NC3CCCC3)c3nc4ccccc4nc32)cc1. The predicted octanol–water partition coefficient (Wildman–Crippen LogP) is 4.84. The number of benzene rings is 2. The third-order valence-corrected chi connectivity index (χ3v) is 6.32. The molecule has 1 saturated carbocycles. The van der Waals surface area contributed by atoms with Crippen LogP contribution in [0.3, 0.4) is 0 Å². The highest BCUT2D eigenvalue weighted by atomic mass is 16.1. The van der Waals surface area contributed by atoms with Crippen LogP contribution < -0.4 is 11.1 Å². The molecule has 1 aliphatic carbocycles. The van der Waals surface area contributed by atoms with Gasteiger partial charge in [-0.1, -0.05) is 63.1 Å². The van der Waals surface area contributed by atoms with E-state index in [0.717, 1.165) is 36.8 Å². The van der Waals surface area contributed by atoms with Gasteiger partial charge >= 0.3 is 0 Å². The molecule has 1 amide bonds. The smallest absolute Gasteiger partial charge is 0.257 e. The molecule has 7 nitrogen and oxygen atoms in total. The molecule has 168 valence electrons. The van der Waals surface area contributed by atoms with E-state index in [1.54, 1.807) is 6.21 Å². The van der Waals surface area contributed by atoms with Crippen molar-refractivity contribution in [3.8, 4) is 0 Å². The van der Waals surface area contributed by atoms with Crippen molar-refractivity contribution in [2.45, 2.75) is 51.5 Å². The van der Waals surface area contributed by atoms with Crippen LogP contribution in [0, 0.1) is 0 Å². The number of amides is 1. The van der Waals surface area contributed by atoms with Crippen LogP contribution in [-0.2, 0) is 0 Å². The molecule has 0 atom stereocenters. The number of para-hydroxylation sites is 2. The van der Waals surface area contributed by atoms with Gasteiger partial charge in [-0.05, 0) is 42.0 Å². The third kappa shape index (κ3) is 4.06. The van der Waals surface area contributed by atoms with E-state index in [9.17, 15) is 4.79 Å². The highest BCUT2D eigenvalue weighted by molar-refractivity contribution is 6.10. The highest BCUT2D eigenvalue weighted by Gasteiger charge is 2.26. The summed E-state index contributed by atoms with van der Waals surface area (Å²) in [6.45, 7) is 4.33. The van der Waals surface area contributed by atoms with Gasteiger partial charge in [0.05, 0.1) is 17.2 Å². The van der Waals surface area contributed by atoms with Gasteiger partial charge in [-0.3, -0.25) is 4.79 Å². The number of carbonyl (C=O) groups is 1. The van der Waals surface area contributed by atoms with Crippen LogP contribution in [0.2, 0.25) is 0 Å². The molecule has 1 aliphatic rings. The standard InChI is InChI=1S/C26H28N6O/c1-16(2)18-13-11-17(12-14-18)15-28-32-24(27)22(26(33)29-19-7-3-4-8-19)23-25(32)31-21-10-6-5-9-20(21)30-23/h5-6,9-16,19H,3-4,7-8,27H2,1-2H3,(H,29,33)/b28-15-. The Morgan fingerprint density at radius 1 is 1.09 bits per heavy atom. The molecule has 2 aromatic heterocycles. The molecule has 2 aromatic carbocycles. The first-order valence-electron chi connectivity index (χ1n) is 11.5. The number of nitrogen functional groups attached to an aromatic ring is 1. The highest BCUT2D eigenvalue weighted by Crippen LogP contribution is 2.29. The Balaban J connectivity index is 1.60. The minimum Gasteiger partial charge on any atom is -0.383 e. The van der Waals surface area contributed by atoms with Crippen molar-refractivity contribution in [1.82, 2.24) is 20.0 Å². The molecule has 4 aromatic rings. The molecular weight excluding hydrogens is 412 g/mol. The Labute approximate surface area is 192 Å². The summed E-state index contributed by atoms with van der Waals surface area (Å²) in [6.07, 6.45) is 5.97. The number of carbonyl (C=O) groups excluding carboxylic acids is 1. The van der Waals surface area contributed by atoms with Gasteiger partial charge in [-0.25, -0.2) is 9.97 Å². The summed E-state index contributed by atoms with van der Waals surface area (Å²) in [5.74, 6) is 0.486. The normalized spacial score (nSPS) is 14.8. The van der Waals surface area contributed by atoms with Crippen LogP contribution >= 0.6 is 0 Å². The Bertz CT molecular complexity index is 1350. The summed E-state index contributed by atoms with van der Waals surface area (Å²) in [7, 11) is 0. The molecule has 33 heavy (non-hydrogen) atoms. The predicted molar refractivity (Wildman–Crippen MR) is 133 cm³/mol. The van der Waals surface area contributed by atoms with Crippen molar-refractivity contribution in [3.63, 3.8) is 0 Å². The van der Waals surface area contributed by atoms with Crippen LogP contribution in [0.25, 0.3) is 22.2 Å². The number of aromatic nitrogens is 3. The molecular formula is C26H28N6O. The van der Waals surface area contributed by atoms with Crippen LogP contribution in [-0.4, -0.2) is 32.8 Å². The quantitative estimate of drug-likeness (QED) is 0.434.